The largest absolute Gasteiger partial charge is 0.299 e. The summed E-state index contributed by atoms with van der Waals surface area (Å²) in [6.45, 7) is 9.00. The number of ketones is 6. The first-order valence-corrected chi connectivity index (χ1v) is 18.3. The summed E-state index contributed by atoms with van der Waals surface area (Å²) >= 11 is 9.53. The van der Waals surface area contributed by atoms with Crippen molar-refractivity contribution >= 4 is 93.3 Å². The van der Waals surface area contributed by atoms with Crippen LogP contribution in [0.1, 0.15) is 81.4 Å². The van der Waals surface area contributed by atoms with Crippen LogP contribution in [0.25, 0.3) is 0 Å². The Morgan fingerprint density at radius 1 is 0.482 bits per heavy atom. The molecule has 3 rings (SSSR count). The molecule has 310 valence electrons. The molecule has 0 radical (unpaired) electrons. The standard InChI is InChI=1S/3C12H15NO4.CH2Cl2.CH3F/c3*1-8(14)10(9(2)15)4-3-7-13-11(16)5-6-12(13)17;2-1-3;1-2/h3*5-6,10H,3-4,7H2,1-2H3;1H2;1H3/i;;;;1D. The van der Waals surface area contributed by atoms with Gasteiger partial charge < -0.3 is 0 Å². The van der Waals surface area contributed by atoms with Crippen LogP contribution in [0.5, 0.6) is 0 Å². The molecule has 6 amide bonds. The second-order valence-electron chi connectivity index (χ2n) is 12.3. The molecular formula is C38H50Cl2FN3O12. The Bertz CT molecular complexity index is 1330. The molecule has 15 nitrogen and oxygen atoms in total. The lowest BCUT2D eigenvalue weighted by Crippen LogP contribution is -2.31. The highest BCUT2D eigenvalue weighted by atomic mass is 35.5. The molecule has 56 heavy (non-hydrogen) atoms. The molecule has 0 aromatic heterocycles. The molecule has 0 aliphatic carbocycles. The maximum Gasteiger partial charge on any atom is 0.253 e. The first-order valence-electron chi connectivity index (χ1n) is 17.9. The molecule has 3 aliphatic rings. The number of imide groups is 3. The van der Waals surface area contributed by atoms with E-state index in [-0.39, 0.29) is 95.1 Å². The summed E-state index contributed by atoms with van der Waals surface area (Å²) in [6, 6.07) is 0. The van der Waals surface area contributed by atoms with Crippen LogP contribution in [0.3, 0.4) is 0 Å². The summed E-state index contributed by atoms with van der Waals surface area (Å²) in [4.78, 5) is 138. The van der Waals surface area contributed by atoms with Crippen LogP contribution in [0.15, 0.2) is 36.5 Å². The first-order chi connectivity index (χ1) is 26.6. The van der Waals surface area contributed by atoms with Crippen LogP contribution in [0, 0.1) is 17.8 Å². The van der Waals surface area contributed by atoms with E-state index < -0.39 is 24.9 Å². The van der Waals surface area contributed by atoms with Crippen molar-refractivity contribution in [2.24, 2.45) is 17.8 Å². The lowest BCUT2D eigenvalue weighted by molar-refractivity contribution is -0.138. The molecule has 18 heteroatoms. The van der Waals surface area contributed by atoms with E-state index in [1.807, 2.05) is 0 Å². The van der Waals surface area contributed by atoms with Crippen molar-refractivity contribution < 1.29 is 63.3 Å². The minimum Gasteiger partial charge on any atom is -0.299 e. The summed E-state index contributed by atoms with van der Waals surface area (Å²) in [5, 5.41) is 0.194. The molecule has 0 bridgehead atoms. The number of amides is 6. The Hall–Kier alpha value is -4.83. The fourth-order valence-corrected chi connectivity index (χ4v) is 5.39. The fourth-order valence-electron chi connectivity index (χ4n) is 5.39. The Morgan fingerprint density at radius 2 is 0.625 bits per heavy atom. The van der Waals surface area contributed by atoms with Gasteiger partial charge in [-0.1, -0.05) is 0 Å². The molecule has 0 unspecified atom stereocenters. The Kier molecular flexibility index (Phi) is 26.1. The van der Waals surface area contributed by atoms with Crippen LogP contribution in [0.4, 0.5) is 4.39 Å². The number of halogens is 3. The Labute approximate surface area is 337 Å². The van der Waals surface area contributed by atoms with E-state index in [4.69, 9.17) is 24.6 Å². The fraction of sp³-hybridized carbons (Fsp3) is 0.526. The monoisotopic (exact) mass is 830 g/mol. The highest BCUT2D eigenvalue weighted by Gasteiger charge is 2.27. The molecule has 0 spiro atoms. The van der Waals surface area contributed by atoms with Gasteiger partial charge in [0.15, 0.2) is 0 Å². The van der Waals surface area contributed by atoms with Crippen molar-refractivity contribution in [2.45, 2.75) is 80.1 Å². The molecular weight excluding hydrogens is 780 g/mol. The van der Waals surface area contributed by atoms with Gasteiger partial charge in [-0.05, 0) is 80.1 Å². The van der Waals surface area contributed by atoms with Crippen LogP contribution < -0.4 is 0 Å². The first kappa shape index (κ1) is 51.2. The van der Waals surface area contributed by atoms with Crippen LogP contribution in [-0.4, -0.2) is 117 Å². The zero-order chi connectivity index (χ0) is 44.4. The molecule has 0 aromatic carbocycles. The second-order valence-corrected chi connectivity index (χ2v) is 13.1. The smallest absolute Gasteiger partial charge is 0.253 e. The van der Waals surface area contributed by atoms with Crippen molar-refractivity contribution in [3.05, 3.63) is 36.5 Å². The number of Topliss-reactive ketones (excluding diaryl/α,β-unsaturated/α-hetero) is 6. The van der Waals surface area contributed by atoms with Gasteiger partial charge in [0.2, 0.25) is 0 Å². The quantitative estimate of drug-likeness (QED) is 0.110. The summed E-state index contributed by atoms with van der Waals surface area (Å²) in [6.07, 6.45) is 9.82. The number of carbonyl (C=O) groups is 12. The number of hydrogen-bond donors (Lipinski definition) is 0. The third kappa shape index (κ3) is 19.7. The van der Waals surface area contributed by atoms with E-state index in [2.05, 4.69) is 0 Å². The van der Waals surface area contributed by atoms with Gasteiger partial charge >= 0.3 is 0 Å². The predicted octanol–water partition coefficient (Wildman–Crippen LogP) is 3.46. The van der Waals surface area contributed by atoms with Gasteiger partial charge in [0.1, 0.15) is 34.7 Å². The molecule has 0 N–H and O–H groups in total. The van der Waals surface area contributed by atoms with Crippen molar-refractivity contribution in [1.29, 1.82) is 0 Å². The van der Waals surface area contributed by atoms with E-state index in [9.17, 15) is 61.9 Å². The molecule has 3 aliphatic heterocycles. The van der Waals surface area contributed by atoms with Crippen molar-refractivity contribution in [2.75, 3.05) is 32.1 Å². The van der Waals surface area contributed by atoms with E-state index >= 15 is 0 Å². The average Bonchev–Trinajstić information content (AvgIpc) is 3.73. The van der Waals surface area contributed by atoms with E-state index in [0.717, 1.165) is 14.7 Å². The average molecular weight is 832 g/mol. The van der Waals surface area contributed by atoms with Gasteiger partial charge in [0.25, 0.3) is 35.4 Å². The molecule has 0 aromatic rings. The summed E-state index contributed by atoms with van der Waals surface area (Å²) in [5.41, 5.74) is 0. The van der Waals surface area contributed by atoms with E-state index in [1.54, 1.807) is 0 Å². The van der Waals surface area contributed by atoms with Gasteiger partial charge in [-0.25, -0.2) is 0 Å². The topological polar surface area (TPSA) is 215 Å². The molecule has 0 saturated heterocycles. The molecule has 3 heterocycles. The number of rotatable bonds is 18. The van der Waals surface area contributed by atoms with E-state index in [0.29, 0.717) is 38.5 Å². The summed E-state index contributed by atoms with van der Waals surface area (Å²) in [5.74, 6) is -4.89. The van der Waals surface area contributed by atoms with Crippen molar-refractivity contribution in [3.8, 4) is 0 Å². The number of nitrogens with zero attached hydrogens (tertiary/aromatic N) is 3. The normalized spacial score (nSPS) is 14.2. The Balaban J connectivity index is 0. The highest BCUT2D eigenvalue weighted by molar-refractivity contribution is 6.40. The second kappa shape index (κ2) is 28.6. The zero-order valence-electron chi connectivity index (χ0n) is 33.3. The van der Waals surface area contributed by atoms with Crippen molar-refractivity contribution in [1.82, 2.24) is 14.7 Å². The van der Waals surface area contributed by atoms with Crippen LogP contribution in [-0.2, 0) is 57.5 Å². The van der Waals surface area contributed by atoms with Gasteiger partial charge in [-0.15, -0.1) is 23.2 Å². The van der Waals surface area contributed by atoms with E-state index in [1.165, 1.54) is 78.0 Å². The van der Waals surface area contributed by atoms with Crippen LogP contribution >= 0.6 is 23.2 Å². The van der Waals surface area contributed by atoms with Gasteiger partial charge in [-0.2, -0.15) is 0 Å². The van der Waals surface area contributed by atoms with Crippen molar-refractivity contribution in [3.63, 3.8) is 0 Å². The summed E-state index contributed by atoms with van der Waals surface area (Å²) in [7, 11) is -1.00. The highest BCUT2D eigenvalue weighted by Crippen LogP contribution is 2.15. The number of alkyl halides is 3. The number of carbonyl (C=O) groups excluding carboxylic acids is 12. The number of hydrogen-bond acceptors (Lipinski definition) is 12. The third-order valence-electron chi connectivity index (χ3n) is 8.27. The molecule has 0 saturated carbocycles. The molecule has 0 fully saturated rings. The Morgan fingerprint density at radius 3 is 0.750 bits per heavy atom. The summed E-state index contributed by atoms with van der Waals surface area (Å²) < 4.78 is 15.5. The van der Waals surface area contributed by atoms with Gasteiger partial charge in [0, 0.05) is 56.1 Å². The van der Waals surface area contributed by atoms with Gasteiger partial charge in [-0.3, -0.25) is 76.6 Å². The lowest BCUT2D eigenvalue weighted by atomic mass is 9.95. The SMILES string of the molecule is CC(=O)C(CCCN1C(=O)C=CC1=O)C(C)=O.CC(=O)C(CCCN1C(=O)C=CC1=O)C(C)=O.CC(=O)C(CCCN1C(=O)C=CC1=O)C(C)=O.ClCCl.[2H]CF. The maximum atomic E-state index is 11.2. The minimum absolute atomic E-state index is 0.172. The maximum absolute atomic E-state index is 11.2. The zero-order valence-corrected chi connectivity index (χ0v) is 33.9. The third-order valence-corrected chi connectivity index (χ3v) is 8.27. The predicted molar refractivity (Wildman–Crippen MR) is 203 cm³/mol. The van der Waals surface area contributed by atoms with Crippen LogP contribution in [0.2, 0.25) is 0 Å². The minimum atomic E-state index is -1.00. The molecule has 0 atom stereocenters. The lowest BCUT2D eigenvalue weighted by Gasteiger charge is -2.15. The van der Waals surface area contributed by atoms with Gasteiger partial charge in [0.05, 0.1) is 31.6 Å².